The van der Waals surface area contributed by atoms with Crippen molar-refractivity contribution in [2.45, 2.75) is 53.2 Å². The van der Waals surface area contributed by atoms with E-state index in [0.717, 1.165) is 12.2 Å². The van der Waals surface area contributed by atoms with Crippen molar-refractivity contribution in [3.05, 3.63) is 18.3 Å². The summed E-state index contributed by atoms with van der Waals surface area (Å²) in [5, 5.41) is 13.1. The van der Waals surface area contributed by atoms with E-state index in [-0.39, 0.29) is 11.5 Å². The molecule has 0 aliphatic rings. The molecular weight excluding hydrogens is 240 g/mol. The summed E-state index contributed by atoms with van der Waals surface area (Å²) in [5.74, 6) is 1.41. The molecule has 1 atom stereocenters. The van der Waals surface area contributed by atoms with Gasteiger partial charge in [0, 0.05) is 12.7 Å². The number of rotatable bonds is 6. The number of anilines is 1. The molecule has 0 saturated carbocycles. The van der Waals surface area contributed by atoms with Gasteiger partial charge < -0.3 is 15.2 Å². The normalized spacial score (nSPS) is 13.4. The summed E-state index contributed by atoms with van der Waals surface area (Å²) >= 11 is 0. The van der Waals surface area contributed by atoms with E-state index < -0.39 is 6.10 Å². The van der Waals surface area contributed by atoms with Crippen LogP contribution in [-0.2, 0) is 0 Å². The molecule has 1 aromatic heterocycles. The van der Waals surface area contributed by atoms with Crippen molar-refractivity contribution in [3.63, 3.8) is 0 Å². The second kappa shape index (κ2) is 6.75. The minimum absolute atomic E-state index is 0.101. The molecule has 0 radical (unpaired) electrons. The van der Waals surface area contributed by atoms with E-state index in [9.17, 15) is 5.11 Å². The highest BCUT2D eigenvalue weighted by molar-refractivity contribution is 5.49. The van der Waals surface area contributed by atoms with Gasteiger partial charge in [-0.25, -0.2) is 4.98 Å². The second-order valence-corrected chi connectivity index (χ2v) is 6.32. The van der Waals surface area contributed by atoms with Gasteiger partial charge in [-0.05, 0) is 37.8 Å². The lowest BCUT2D eigenvalue weighted by Gasteiger charge is -2.23. The van der Waals surface area contributed by atoms with Crippen LogP contribution in [0.4, 0.5) is 5.82 Å². The first-order valence-corrected chi connectivity index (χ1v) is 6.81. The number of nitrogens with one attached hydrogen (secondary N) is 1. The standard InChI is InChI=1S/C15H26N2O2/c1-11(2)19-13-7-6-8-16-14(13)17-10-12(18)9-15(3,4)5/h6-8,11-12,18H,9-10H2,1-5H3,(H,16,17). The molecule has 2 N–H and O–H groups in total. The highest BCUT2D eigenvalue weighted by Crippen LogP contribution is 2.24. The van der Waals surface area contributed by atoms with Crippen LogP contribution < -0.4 is 10.1 Å². The molecular formula is C15H26N2O2. The maximum atomic E-state index is 9.99. The SMILES string of the molecule is CC(C)Oc1cccnc1NCC(O)CC(C)(C)C. The van der Waals surface area contributed by atoms with E-state index in [1.54, 1.807) is 6.20 Å². The molecule has 4 nitrogen and oxygen atoms in total. The van der Waals surface area contributed by atoms with Crippen LogP contribution in [-0.4, -0.2) is 28.8 Å². The summed E-state index contributed by atoms with van der Waals surface area (Å²) in [6, 6.07) is 3.72. The summed E-state index contributed by atoms with van der Waals surface area (Å²) in [6.07, 6.45) is 2.16. The average Bonchev–Trinajstić information content (AvgIpc) is 2.24. The quantitative estimate of drug-likeness (QED) is 0.831. The van der Waals surface area contributed by atoms with Gasteiger partial charge in [-0.2, -0.15) is 0 Å². The van der Waals surface area contributed by atoms with Crippen molar-refractivity contribution in [2.75, 3.05) is 11.9 Å². The Morgan fingerprint density at radius 1 is 1.37 bits per heavy atom. The number of pyridine rings is 1. The number of hydrogen-bond donors (Lipinski definition) is 2. The van der Waals surface area contributed by atoms with Crippen LogP contribution in [0.25, 0.3) is 0 Å². The fourth-order valence-corrected chi connectivity index (χ4v) is 1.87. The van der Waals surface area contributed by atoms with Gasteiger partial charge in [-0.15, -0.1) is 0 Å². The van der Waals surface area contributed by atoms with Gasteiger partial charge in [0.1, 0.15) is 0 Å². The van der Waals surface area contributed by atoms with Gasteiger partial charge >= 0.3 is 0 Å². The predicted octanol–water partition coefficient (Wildman–Crippen LogP) is 3.08. The first kappa shape index (κ1) is 15.8. The average molecular weight is 266 g/mol. The monoisotopic (exact) mass is 266 g/mol. The largest absolute Gasteiger partial charge is 0.487 e. The van der Waals surface area contributed by atoms with E-state index in [4.69, 9.17) is 4.74 Å². The Hall–Kier alpha value is -1.29. The summed E-state index contributed by atoms with van der Waals surface area (Å²) in [4.78, 5) is 4.25. The molecule has 0 bridgehead atoms. The van der Waals surface area contributed by atoms with Crippen molar-refractivity contribution in [2.24, 2.45) is 5.41 Å². The highest BCUT2D eigenvalue weighted by atomic mass is 16.5. The zero-order valence-electron chi connectivity index (χ0n) is 12.6. The highest BCUT2D eigenvalue weighted by Gasteiger charge is 2.17. The van der Waals surface area contributed by atoms with Gasteiger partial charge in [0.2, 0.25) is 0 Å². The molecule has 0 aliphatic carbocycles. The maximum Gasteiger partial charge on any atom is 0.168 e. The molecule has 4 heteroatoms. The van der Waals surface area contributed by atoms with E-state index in [0.29, 0.717) is 12.4 Å². The lowest BCUT2D eigenvalue weighted by Crippen LogP contribution is -2.25. The van der Waals surface area contributed by atoms with Crippen molar-refractivity contribution in [3.8, 4) is 5.75 Å². The van der Waals surface area contributed by atoms with E-state index in [2.05, 4.69) is 31.1 Å². The molecule has 1 aromatic rings. The van der Waals surface area contributed by atoms with Crippen molar-refractivity contribution >= 4 is 5.82 Å². The van der Waals surface area contributed by atoms with Gasteiger partial charge in [-0.1, -0.05) is 20.8 Å². The predicted molar refractivity (Wildman–Crippen MR) is 78.6 cm³/mol. The van der Waals surface area contributed by atoms with Crippen LogP contribution >= 0.6 is 0 Å². The van der Waals surface area contributed by atoms with Crippen LogP contribution in [0, 0.1) is 5.41 Å². The third-order valence-corrected chi connectivity index (χ3v) is 2.49. The fourth-order valence-electron chi connectivity index (χ4n) is 1.87. The molecule has 0 spiro atoms. The van der Waals surface area contributed by atoms with E-state index >= 15 is 0 Å². The van der Waals surface area contributed by atoms with Crippen LogP contribution in [0.1, 0.15) is 41.0 Å². The number of ether oxygens (including phenoxy) is 1. The van der Waals surface area contributed by atoms with Crippen molar-refractivity contribution < 1.29 is 9.84 Å². The molecule has 0 fully saturated rings. The lowest BCUT2D eigenvalue weighted by atomic mass is 9.89. The Morgan fingerprint density at radius 2 is 2.05 bits per heavy atom. The Balaban J connectivity index is 2.57. The minimum atomic E-state index is -0.395. The van der Waals surface area contributed by atoms with Crippen LogP contribution in [0.2, 0.25) is 0 Å². The summed E-state index contributed by atoms with van der Waals surface area (Å²) in [5.41, 5.74) is 0.114. The molecule has 108 valence electrons. The molecule has 1 rings (SSSR count). The number of aromatic nitrogens is 1. The van der Waals surface area contributed by atoms with E-state index in [1.807, 2.05) is 26.0 Å². The zero-order chi connectivity index (χ0) is 14.5. The minimum Gasteiger partial charge on any atom is -0.487 e. The first-order valence-electron chi connectivity index (χ1n) is 6.81. The van der Waals surface area contributed by atoms with Crippen LogP contribution in [0.3, 0.4) is 0 Å². The van der Waals surface area contributed by atoms with Crippen molar-refractivity contribution in [1.29, 1.82) is 0 Å². The third-order valence-electron chi connectivity index (χ3n) is 2.49. The first-order chi connectivity index (χ1) is 8.78. The lowest BCUT2D eigenvalue weighted by molar-refractivity contribution is 0.132. The molecule has 0 aromatic carbocycles. The third kappa shape index (κ3) is 6.43. The topological polar surface area (TPSA) is 54.4 Å². The Morgan fingerprint density at radius 3 is 2.63 bits per heavy atom. The summed E-state index contributed by atoms with van der Waals surface area (Å²) < 4.78 is 5.67. The number of aliphatic hydroxyl groups is 1. The Labute approximate surface area is 116 Å². The fraction of sp³-hybridized carbons (Fsp3) is 0.667. The number of hydrogen-bond acceptors (Lipinski definition) is 4. The van der Waals surface area contributed by atoms with Gasteiger partial charge in [0.15, 0.2) is 11.6 Å². The smallest absolute Gasteiger partial charge is 0.168 e. The molecule has 0 aliphatic heterocycles. The van der Waals surface area contributed by atoms with E-state index in [1.165, 1.54) is 0 Å². The molecule has 1 heterocycles. The Kier molecular flexibility index (Phi) is 5.60. The summed E-state index contributed by atoms with van der Waals surface area (Å²) in [6.45, 7) is 10.8. The van der Waals surface area contributed by atoms with Gasteiger partial charge in [-0.3, -0.25) is 0 Å². The molecule has 0 amide bonds. The maximum absolute atomic E-state index is 9.99. The molecule has 19 heavy (non-hydrogen) atoms. The Bertz CT molecular complexity index is 386. The second-order valence-electron chi connectivity index (χ2n) is 6.32. The van der Waals surface area contributed by atoms with Crippen LogP contribution in [0.15, 0.2) is 18.3 Å². The number of aliphatic hydroxyl groups excluding tert-OH is 1. The van der Waals surface area contributed by atoms with Crippen molar-refractivity contribution in [1.82, 2.24) is 4.98 Å². The van der Waals surface area contributed by atoms with Gasteiger partial charge in [0.05, 0.1) is 12.2 Å². The molecule has 0 saturated heterocycles. The van der Waals surface area contributed by atoms with Crippen LogP contribution in [0.5, 0.6) is 5.75 Å². The zero-order valence-corrected chi connectivity index (χ0v) is 12.6. The number of nitrogens with zero attached hydrogens (tertiary/aromatic N) is 1. The molecule has 1 unspecified atom stereocenters. The van der Waals surface area contributed by atoms with Gasteiger partial charge in [0.25, 0.3) is 0 Å². The summed E-state index contributed by atoms with van der Waals surface area (Å²) in [7, 11) is 0.